The van der Waals surface area contributed by atoms with Gasteiger partial charge in [0.25, 0.3) is 11.8 Å². The third-order valence-corrected chi connectivity index (χ3v) is 3.15. The van der Waals surface area contributed by atoms with Crippen molar-refractivity contribution in [3.63, 3.8) is 0 Å². The van der Waals surface area contributed by atoms with E-state index in [4.69, 9.17) is 9.15 Å². The average Bonchev–Trinajstić information content (AvgIpc) is 3.10. The first-order valence-corrected chi connectivity index (χ1v) is 7.44. The van der Waals surface area contributed by atoms with Crippen LogP contribution in [0.15, 0.2) is 47.1 Å². The van der Waals surface area contributed by atoms with Crippen LogP contribution >= 0.6 is 0 Å². The Hall–Kier alpha value is -3.09. The number of furan rings is 1. The standard InChI is InChI=1S/C17H18N2O5/c1-3-23-17(22)11(2)18-15(20)12-7-4-5-8-13(12)19-16(21)14-9-6-10-24-14/h4-11H,3H2,1-2H3,(H,18,20)(H,19,21). The molecule has 7 heteroatoms. The SMILES string of the molecule is CCOC(=O)C(C)NC(=O)c1ccccc1NC(=O)c1ccco1. The molecule has 2 rings (SSSR count). The molecule has 1 aromatic heterocycles. The molecule has 0 aliphatic heterocycles. The second-order valence-electron chi connectivity index (χ2n) is 4.92. The van der Waals surface area contributed by atoms with E-state index < -0.39 is 23.8 Å². The van der Waals surface area contributed by atoms with Crippen molar-refractivity contribution in [1.29, 1.82) is 0 Å². The van der Waals surface area contributed by atoms with Crippen LogP contribution in [0.5, 0.6) is 0 Å². The summed E-state index contributed by atoms with van der Waals surface area (Å²) in [6.45, 7) is 3.45. The minimum atomic E-state index is -0.800. The fourth-order valence-corrected chi connectivity index (χ4v) is 1.98. The predicted octanol–water partition coefficient (Wildman–Crippen LogP) is 2.21. The smallest absolute Gasteiger partial charge is 0.328 e. The van der Waals surface area contributed by atoms with Gasteiger partial charge in [0.15, 0.2) is 5.76 Å². The number of hydrogen-bond donors (Lipinski definition) is 2. The maximum absolute atomic E-state index is 12.4. The summed E-state index contributed by atoms with van der Waals surface area (Å²) in [5, 5.41) is 5.15. The van der Waals surface area contributed by atoms with Gasteiger partial charge < -0.3 is 19.8 Å². The van der Waals surface area contributed by atoms with Gasteiger partial charge >= 0.3 is 5.97 Å². The number of para-hydroxylation sites is 1. The van der Waals surface area contributed by atoms with Gasteiger partial charge in [-0.25, -0.2) is 4.79 Å². The summed E-state index contributed by atoms with van der Waals surface area (Å²) in [6, 6.07) is 8.78. The Bertz CT molecular complexity index is 724. The molecule has 126 valence electrons. The molecule has 0 aliphatic carbocycles. The lowest BCUT2D eigenvalue weighted by atomic mass is 10.1. The van der Waals surface area contributed by atoms with Crippen molar-refractivity contribution < 1.29 is 23.5 Å². The van der Waals surface area contributed by atoms with Crippen LogP contribution in [0, 0.1) is 0 Å². The number of carbonyl (C=O) groups excluding carboxylic acids is 3. The van der Waals surface area contributed by atoms with Crippen LogP contribution in [0.2, 0.25) is 0 Å². The van der Waals surface area contributed by atoms with Gasteiger partial charge in [0.1, 0.15) is 6.04 Å². The van der Waals surface area contributed by atoms with Crippen molar-refractivity contribution in [3.05, 3.63) is 54.0 Å². The second kappa shape index (κ2) is 7.96. The quantitative estimate of drug-likeness (QED) is 0.791. The normalized spacial score (nSPS) is 11.4. The molecular formula is C17H18N2O5. The van der Waals surface area contributed by atoms with E-state index in [0.717, 1.165) is 0 Å². The zero-order valence-corrected chi connectivity index (χ0v) is 13.4. The first-order valence-electron chi connectivity index (χ1n) is 7.44. The number of esters is 1. The number of benzene rings is 1. The fourth-order valence-electron chi connectivity index (χ4n) is 1.98. The largest absolute Gasteiger partial charge is 0.464 e. The molecule has 0 saturated carbocycles. The van der Waals surface area contributed by atoms with E-state index in [2.05, 4.69) is 10.6 Å². The molecule has 1 unspecified atom stereocenters. The Morgan fingerprint density at radius 1 is 1.12 bits per heavy atom. The van der Waals surface area contributed by atoms with E-state index in [1.165, 1.54) is 19.3 Å². The summed E-state index contributed by atoms with van der Waals surface area (Å²) >= 11 is 0. The summed E-state index contributed by atoms with van der Waals surface area (Å²) in [6.07, 6.45) is 1.38. The van der Waals surface area contributed by atoms with Gasteiger partial charge in [-0.05, 0) is 38.1 Å². The average molecular weight is 330 g/mol. The van der Waals surface area contributed by atoms with E-state index >= 15 is 0 Å². The van der Waals surface area contributed by atoms with Crippen molar-refractivity contribution in [1.82, 2.24) is 5.32 Å². The molecule has 1 atom stereocenters. The van der Waals surface area contributed by atoms with E-state index in [1.54, 1.807) is 37.3 Å². The second-order valence-corrected chi connectivity index (χ2v) is 4.92. The molecule has 2 aromatic rings. The molecule has 0 spiro atoms. The number of ether oxygens (including phenoxy) is 1. The monoisotopic (exact) mass is 330 g/mol. The molecule has 1 heterocycles. The number of anilines is 1. The van der Waals surface area contributed by atoms with E-state index in [9.17, 15) is 14.4 Å². The highest BCUT2D eigenvalue weighted by molar-refractivity contribution is 6.08. The summed E-state index contributed by atoms with van der Waals surface area (Å²) in [7, 11) is 0. The van der Waals surface area contributed by atoms with Crippen LogP contribution in [0.1, 0.15) is 34.8 Å². The molecule has 0 saturated heterocycles. The topological polar surface area (TPSA) is 97.6 Å². The zero-order valence-electron chi connectivity index (χ0n) is 13.4. The third kappa shape index (κ3) is 4.22. The van der Waals surface area contributed by atoms with E-state index in [-0.39, 0.29) is 17.9 Å². The van der Waals surface area contributed by atoms with Crippen molar-refractivity contribution >= 4 is 23.5 Å². The van der Waals surface area contributed by atoms with Gasteiger partial charge in [-0.1, -0.05) is 12.1 Å². The van der Waals surface area contributed by atoms with Gasteiger partial charge in [-0.3, -0.25) is 9.59 Å². The molecule has 0 aliphatic rings. The summed E-state index contributed by atoms with van der Waals surface area (Å²) in [4.78, 5) is 36.0. The maximum Gasteiger partial charge on any atom is 0.328 e. The van der Waals surface area contributed by atoms with Gasteiger partial charge in [0.05, 0.1) is 24.1 Å². The highest BCUT2D eigenvalue weighted by atomic mass is 16.5. The number of rotatable bonds is 6. The Labute approximate surface area is 139 Å². The molecule has 24 heavy (non-hydrogen) atoms. The van der Waals surface area contributed by atoms with Crippen molar-refractivity contribution in [3.8, 4) is 0 Å². The lowest BCUT2D eigenvalue weighted by Gasteiger charge is -2.14. The van der Waals surface area contributed by atoms with Crippen LogP contribution < -0.4 is 10.6 Å². The van der Waals surface area contributed by atoms with Crippen LogP contribution in [0.4, 0.5) is 5.69 Å². The minimum absolute atomic E-state index is 0.130. The fraction of sp³-hybridized carbons (Fsp3) is 0.235. The maximum atomic E-state index is 12.4. The van der Waals surface area contributed by atoms with Gasteiger partial charge in [-0.2, -0.15) is 0 Å². The van der Waals surface area contributed by atoms with Crippen molar-refractivity contribution in [2.75, 3.05) is 11.9 Å². The van der Waals surface area contributed by atoms with Crippen LogP contribution in [0.3, 0.4) is 0 Å². The summed E-state index contributed by atoms with van der Waals surface area (Å²) in [5.74, 6) is -1.36. The highest BCUT2D eigenvalue weighted by Gasteiger charge is 2.20. The van der Waals surface area contributed by atoms with Crippen molar-refractivity contribution in [2.45, 2.75) is 19.9 Å². The molecule has 7 nitrogen and oxygen atoms in total. The Morgan fingerprint density at radius 3 is 2.54 bits per heavy atom. The Morgan fingerprint density at radius 2 is 1.88 bits per heavy atom. The molecular weight excluding hydrogens is 312 g/mol. The highest BCUT2D eigenvalue weighted by Crippen LogP contribution is 2.16. The van der Waals surface area contributed by atoms with Crippen LogP contribution in [-0.4, -0.2) is 30.4 Å². The summed E-state index contributed by atoms with van der Waals surface area (Å²) < 4.78 is 9.87. The van der Waals surface area contributed by atoms with Gasteiger partial charge in [-0.15, -0.1) is 0 Å². The number of amides is 2. The van der Waals surface area contributed by atoms with E-state index in [1.807, 2.05) is 0 Å². The third-order valence-electron chi connectivity index (χ3n) is 3.15. The molecule has 0 fully saturated rings. The lowest BCUT2D eigenvalue weighted by molar-refractivity contribution is -0.144. The minimum Gasteiger partial charge on any atom is -0.464 e. The van der Waals surface area contributed by atoms with E-state index in [0.29, 0.717) is 5.69 Å². The predicted molar refractivity (Wildman–Crippen MR) is 86.7 cm³/mol. The Kier molecular flexibility index (Phi) is 5.73. The molecule has 0 bridgehead atoms. The molecule has 1 aromatic carbocycles. The molecule has 2 N–H and O–H groups in total. The first-order chi connectivity index (χ1) is 11.5. The number of nitrogens with one attached hydrogen (secondary N) is 2. The number of carbonyl (C=O) groups is 3. The van der Waals surface area contributed by atoms with Crippen molar-refractivity contribution in [2.24, 2.45) is 0 Å². The van der Waals surface area contributed by atoms with Crippen LogP contribution in [-0.2, 0) is 9.53 Å². The molecule has 2 amide bonds. The van der Waals surface area contributed by atoms with Gasteiger partial charge in [0.2, 0.25) is 0 Å². The zero-order chi connectivity index (χ0) is 17.5. The lowest BCUT2D eigenvalue weighted by Crippen LogP contribution is -2.39. The number of hydrogen-bond acceptors (Lipinski definition) is 5. The molecule has 0 radical (unpaired) electrons. The Balaban J connectivity index is 2.11. The first kappa shape index (κ1) is 17.3. The van der Waals surface area contributed by atoms with Crippen LogP contribution in [0.25, 0.3) is 0 Å². The van der Waals surface area contributed by atoms with Gasteiger partial charge in [0, 0.05) is 0 Å². The summed E-state index contributed by atoms with van der Waals surface area (Å²) in [5.41, 5.74) is 0.543.